The highest BCUT2D eigenvalue weighted by Crippen LogP contribution is 2.30. The van der Waals surface area contributed by atoms with E-state index in [0.29, 0.717) is 0 Å². The molecule has 0 aromatic heterocycles. The summed E-state index contributed by atoms with van der Waals surface area (Å²) < 4.78 is 10.4. The van der Waals surface area contributed by atoms with Crippen molar-refractivity contribution in [3.05, 3.63) is 0 Å². The first-order valence-electron chi connectivity index (χ1n) is 3.80. The van der Waals surface area contributed by atoms with Gasteiger partial charge in [0.2, 0.25) is 0 Å². The molecule has 0 amide bonds. The van der Waals surface area contributed by atoms with Crippen molar-refractivity contribution < 1.29 is 14.4 Å². The Morgan fingerprint density at radius 2 is 1.91 bits per heavy atom. The summed E-state index contributed by atoms with van der Waals surface area (Å²) >= 11 is 0. The Kier molecular flexibility index (Phi) is 3.07. The second-order valence-corrected chi connectivity index (χ2v) is 4.57. The summed E-state index contributed by atoms with van der Waals surface area (Å²) in [6, 6.07) is 0. The smallest absolute Gasteiger partial charge is 0.00461 e. The van der Waals surface area contributed by atoms with Crippen LogP contribution in [-0.2, 0) is 4.57 Å². The van der Waals surface area contributed by atoms with Gasteiger partial charge < -0.3 is 19.7 Å². The number of nitrogens with one attached hydrogen (secondary N) is 1. The molecule has 1 N–H and O–H groups in total. The normalized spacial score (nSPS) is 22.0. The monoisotopic (exact) mass is 177 g/mol. The van der Waals surface area contributed by atoms with Crippen LogP contribution in [0.1, 0.15) is 12.8 Å². The Morgan fingerprint density at radius 3 is 2.36 bits per heavy atom. The van der Waals surface area contributed by atoms with E-state index in [0.717, 1.165) is 25.9 Å². The SMILES string of the molecule is O=P([O-])([O-])CC1CCNCC1. The zero-order valence-electron chi connectivity index (χ0n) is 6.28. The van der Waals surface area contributed by atoms with E-state index in [1.165, 1.54) is 0 Å². The Morgan fingerprint density at radius 1 is 1.36 bits per heavy atom. The van der Waals surface area contributed by atoms with Crippen LogP contribution in [0.2, 0.25) is 0 Å². The van der Waals surface area contributed by atoms with Gasteiger partial charge in [-0.3, -0.25) is 0 Å². The van der Waals surface area contributed by atoms with E-state index < -0.39 is 7.60 Å². The molecular weight excluding hydrogens is 165 g/mol. The first-order valence-corrected chi connectivity index (χ1v) is 5.52. The fourth-order valence-electron chi connectivity index (χ4n) is 1.38. The molecule has 0 unspecified atom stereocenters. The maximum absolute atomic E-state index is 10.4. The molecule has 66 valence electrons. The highest BCUT2D eigenvalue weighted by molar-refractivity contribution is 7.48. The molecule has 0 spiro atoms. The van der Waals surface area contributed by atoms with Gasteiger partial charge >= 0.3 is 0 Å². The van der Waals surface area contributed by atoms with Gasteiger partial charge in [-0.1, -0.05) is 7.60 Å². The van der Waals surface area contributed by atoms with Crippen molar-refractivity contribution in [3.63, 3.8) is 0 Å². The van der Waals surface area contributed by atoms with Gasteiger partial charge in [-0.05, 0) is 38.0 Å². The molecule has 0 aromatic carbocycles. The van der Waals surface area contributed by atoms with E-state index in [1.54, 1.807) is 0 Å². The summed E-state index contributed by atoms with van der Waals surface area (Å²) in [4.78, 5) is 20.7. The fourth-order valence-corrected chi connectivity index (χ4v) is 2.38. The first kappa shape index (κ1) is 9.20. The molecular formula is C6H12NO3P-2. The second-order valence-electron chi connectivity index (χ2n) is 2.99. The van der Waals surface area contributed by atoms with E-state index in [1.807, 2.05) is 0 Å². The Bertz CT molecular complexity index is 161. The second kappa shape index (κ2) is 3.68. The maximum atomic E-state index is 10.4. The summed E-state index contributed by atoms with van der Waals surface area (Å²) in [7, 11) is -4.26. The minimum absolute atomic E-state index is 0.0945. The molecule has 0 bridgehead atoms. The maximum Gasteiger partial charge on any atom is -0.00461 e. The summed E-state index contributed by atoms with van der Waals surface area (Å²) in [5.41, 5.74) is 0. The predicted molar refractivity (Wildman–Crippen MR) is 38.1 cm³/mol. The standard InChI is InChI=1S/C6H14NO3P/c8-11(9,10)5-6-1-3-7-4-2-6/h6-7H,1-5H2,(H2,8,9,10)/p-2. The predicted octanol–water partition coefficient (Wildman–Crippen LogP) is -1.10. The molecule has 11 heavy (non-hydrogen) atoms. The molecule has 0 aliphatic carbocycles. The lowest BCUT2D eigenvalue weighted by atomic mass is 10.0. The van der Waals surface area contributed by atoms with E-state index in [-0.39, 0.29) is 12.1 Å². The van der Waals surface area contributed by atoms with Crippen LogP contribution in [0, 0.1) is 5.92 Å². The van der Waals surface area contributed by atoms with Gasteiger partial charge in [0.25, 0.3) is 0 Å². The van der Waals surface area contributed by atoms with Crippen LogP contribution in [0.4, 0.5) is 0 Å². The molecule has 1 fully saturated rings. The summed E-state index contributed by atoms with van der Waals surface area (Å²) in [5, 5.41) is 3.11. The summed E-state index contributed by atoms with van der Waals surface area (Å²) in [6.45, 7) is 1.68. The molecule has 4 nitrogen and oxygen atoms in total. The van der Waals surface area contributed by atoms with E-state index in [9.17, 15) is 14.4 Å². The van der Waals surface area contributed by atoms with Crippen molar-refractivity contribution in [2.24, 2.45) is 5.92 Å². The lowest BCUT2D eigenvalue weighted by molar-refractivity contribution is -0.314. The van der Waals surface area contributed by atoms with E-state index in [4.69, 9.17) is 0 Å². The van der Waals surface area contributed by atoms with Gasteiger partial charge in [-0.25, -0.2) is 0 Å². The van der Waals surface area contributed by atoms with Gasteiger partial charge in [0.05, 0.1) is 0 Å². The number of rotatable bonds is 2. The zero-order chi connectivity index (χ0) is 8.32. The van der Waals surface area contributed by atoms with Crippen molar-refractivity contribution in [1.82, 2.24) is 5.32 Å². The van der Waals surface area contributed by atoms with Crippen LogP contribution >= 0.6 is 7.60 Å². The molecule has 1 aliphatic heterocycles. The van der Waals surface area contributed by atoms with E-state index in [2.05, 4.69) is 5.32 Å². The highest BCUT2D eigenvalue weighted by Gasteiger charge is 2.13. The average Bonchev–Trinajstić information content (AvgIpc) is 1.85. The molecule has 1 aliphatic rings. The number of hydrogen-bond acceptors (Lipinski definition) is 4. The van der Waals surface area contributed by atoms with Crippen molar-refractivity contribution in [2.45, 2.75) is 12.8 Å². The van der Waals surface area contributed by atoms with Crippen molar-refractivity contribution >= 4 is 7.60 Å². The van der Waals surface area contributed by atoms with Gasteiger partial charge in [0.1, 0.15) is 0 Å². The molecule has 1 saturated heterocycles. The minimum atomic E-state index is -4.26. The lowest BCUT2D eigenvalue weighted by Gasteiger charge is -2.35. The highest BCUT2D eigenvalue weighted by atomic mass is 31.2. The van der Waals surface area contributed by atoms with Crippen LogP contribution in [0.15, 0.2) is 0 Å². The van der Waals surface area contributed by atoms with Crippen LogP contribution in [0.25, 0.3) is 0 Å². The quantitative estimate of drug-likeness (QED) is 0.543. The third kappa shape index (κ3) is 3.87. The van der Waals surface area contributed by atoms with Crippen molar-refractivity contribution in [1.29, 1.82) is 0 Å². The first-order chi connectivity index (χ1) is 5.08. The number of piperidine rings is 1. The molecule has 1 rings (SSSR count). The van der Waals surface area contributed by atoms with Gasteiger partial charge in [-0.15, -0.1) is 0 Å². The van der Waals surface area contributed by atoms with Gasteiger partial charge in [-0.2, -0.15) is 0 Å². The largest absolute Gasteiger partial charge is 0.811 e. The van der Waals surface area contributed by atoms with E-state index >= 15 is 0 Å². The Labute approximate surface area is 66.2 Å². The lowest BCUT2D eigenvalue weighted by Crippen LogP contribution is -2.32. The Hall–Kier alpha value is 0.110. The molecule has 0 radical (unpaired) electrons. The van der Waals surface area contributed by atoms with Gasteiger partial charge in [0.15, 0.2) is 0 Å². The van der Waals surface area contributed by atoms with Crippen LogP contribution in [0.5, 0.6) is 0 Å². The molecule has 0 saturated carbocycles. The Balaban J connectivity index is 2.30. The van der Waals surface area contributed by atoms with Crippen molar-refractivity contribution in [3.8, 4) is 0 Å². The molecule has 5 heteroatoms. The third-order valence-electron chi connectivity index (χ3n) is 1.94. The zero-order valence-corrected chi connectivity index (χ0v) is 7.18. The third-order valence-corrected chi connectivity index (χ3v) is 2.90. The number of hydrogen-bond donors (Lipinski definition) is 1. The van der Waals surface area contributed by atoms with Crippen LogP contribution in [0.3, 0.4) is 0 Å². The van der Waals surface area contributed by atoms with Crippen LogP contribution < -0.4 is 15.1 Å². The topological polar surface area (TPSA) is 75.2 Å². The molecule has 0 atom stereocenters. The van der Waals surface area contributed by atoms with Crippen LogP contribution in [-0.4, -0.2) is 19.3 Å². The average molecular weight is 177 g/mol. The summed E-state index contributed by atoms with van der Waals surface area (Å²) in [6.07, 6.45) is 1.47. The minimum Gasteiger partial charge on any atom is -0.811 e. The summed E-state index contributed by atoms with van der Waals surface area (Å²) in [5.74, 6) is 0.0945. The molecule has 0 aromatic rings. The van der Waals surface area contributed by atoms with Crippen molar-refractivity contribution in [2.75, 3.05) is 19.3 Å². The van der Waals surface area contributed by atoms with Gasteiger partial charge in [0, 0.05) is 0 Å². The fraction of sp³-hybridized carbons (Fsp3) is 1.00. The molecule has 1 heterocycles.